The van der Waals surface area contributed by atoms with Gasteiger partial charge in [-0.15, -0.1) is 0 Å². The highest BCUT2D eigenvalue weighted by Gasteiger charge is 2.27. The van der Waals surface area contributed by atoms with Crippen molar-refractivity contribution in [3.8, 4) is 11.5 Å². The van der Waals surface area contributed by atoms with Crippen LogP contribution in [0.1, 0.15) is 24.8 Å². The van der Waals surface area contributed by atoms with Crippen LogP contribution >= 0.6 is 23.1 Å². The summed E-state index contributed by atoms with van der Waals surface area (Å²) >= 11 is 3.11. The van der Waals surface area contributed by atoms with Gasteiger partial charge in [0, 0.05) is 30.0 Å². The van der Waals surface area contributed by atoms with Crippen molar-refractivity contribution in [2.75, 3.05) is 37.2 Å². The van der Waals surface area contributed by atoms with E-state index in [1.165, 1.54) is 0 Å². The summed E-state index contributed by atoms with van der Waals surface area (Å²) in [7, 11) is -4.99. The van der Waals surface area contributed by atoms with Crippen LogP contribution in [0.3, 0.4) is 0 Å². The fraction of sp³-hybridized carbons (Fsp3) is 0.346. The Balaban J connectivity index is 1.69. The molecular formula is C26H31N2O8S4+. The average Bonchev–Trinajstić information content (AvgIpc) is 3.38. The van der Waals surface area contributed by atoms with E-state index >= 15 is 0 Å². The van der Waals surface area contributed by atoms with Gasteiger partial charge in [0.25, 0.3) is 25.2 Å². The maximum atomic E-state index is 11.3. The molecule has 0 radical (unpaired) electrons. The number of thiazole rings is 1. The van der Waals surface area contributed by atoms with Crippen molar-refractivity contribution >= 4 is 65.3 Å². The number of fused-ring (bicyclic) bond motifs is 2. The zero-order chi connectivity index (χ0) is 29.1. The molecule has 0 spiro atoms. The first-order valence-electron chi connectivity index (χ1n) is 12.3. The van der Waals surface area contributed by atoms with E-state index < -0.39 is 20.2 Å². The van der Waals surface area contributed by atoms with Crippen LogP contribution in [0.15, 0.2) is 58.0 Å². The van der Waals surface area contributed by atoms with E-state index in [0.29, 0.717) is 24.6 Å². The van der Waals surface area contributed by atoms with E-state index in [1.54, 1.807) is 37.3 Å². The maximum Gasteiger partial charge on any atom is 0.265 e. The molecule has 1 aliphatic heterocycles. The number of methoxy groups -OCH3 is 2. The summed E-state index contributed by atoms with van der Waals surface area (Å²) in [4.78, 5) is 3.02. The van der Waals surface area contributed by atoms with Gasteiger partial charge < -0.3 is 14.4 Å². The first kappa shape index (κ1) is 30.3. The Kier molecular flexibility index (Phi) is 9.47. The summed E-state index contributed by atoms with van der Waals surface area (Å²) in [5, 5.41) is 1.79. The zero-order valence-electron chi connectivity index (χ0n) is 22.2. The normalized spacial score (nSPS) is 15.2. The number of allylic oxidation sites excluding steroid dienone is 2. The first-order chi connectivity index (χ1) is 18.9. The molecule has 1 aliphatic rings. The molecule has 0 fully saturated rings. The third-order valence-corrected chi connectivity index (χ3v) is 9.98. The number of aryl methyl sites for hydroxylation is 1. The average molecular weight is 628 g/mol. The van der Waals surface area contributed by atoms with Gasteiger partial charge in [0.05, 0.1) is 42.5 Å². The molecule has 2 N–H and O–H groups in total. The fourth-order valence-corrected chi connectivity index (χ4v) is 7.68. The van der Waals surface area contributed by atoms with Crippen molar-refractivity contribution in [2.45, 2.75) is 31.2 Å². The molecule has 10 nitrogen and oxygen atoms in total. The van der Waals surface area contributed by atoms with E-state index in [0.717, 1.165) is 36.4 Å². The lowest BCUT2D eigenvalue weighted by atomic mass is 10.2. The summed E-state index contributed by atoms with van der Waals surface area (Å²) in [6.07, 6.45) is 4.50. The standard InChI is InChI=1S/C26H30N2O8S4/c1-18(14-25-27(10-4-12-39(29,30)31)21-16-19(35-2)6-8-23(21)37-25)15-26-28(11-5-13-40(32,33)34)22-17-20(36-3)7-9-24(22)38-26/h6-9,14-17H,4-5,10-13H2,1-3H3,(H-,29,30,31,32,33,34)/p+1. The van der Waals surface area contributed by atoms with Crippen LogP contribution in [0.4, 0.5) is 5.69 Å². The monoisotopic (exact) mass is 627 g/mol. The molecular weight excluding hydrogens is 597 g/mol. The van der Waals surface area contributed by atoms with Gasteiger partial charge in [-0.25, -0.2) is 0 Å². The van der Waals surface area contributed by atoms with Crippen LogP contribution < -0.4 is 18.9 Å². The predicted molar refractivity (Wildman–Crippen MR) is 159 cm³/mol. The van der Waals surface area contributed by atoms with E-state index in [-0.39, 0.29) is 24.3 Å². The maximum absolute atomic E-state index is 11.3. The summed E-state index contributed by atoms with van der Waals surface area (Å²) in [5.74, 6) is 0.674. The molecule has 40 heavy (non-hydrogen) atoms. The second-order valence-electron chi connectivity index (χ2n) is 9.16. The number of hydrogen-bond donors (Lipinski definition) is 2. The van der Waals surface area contributed by atoms with E-state index in [4.69, 9.17) is 9.47 Å². The topological polar surface area (TPSA) is 134 Å². The van der Waals surface area contributed by atoms with E-state index in [1.807, 2.05) is 64.9 Å². The van der Waals surface area contributed by atoms with Crippen molar-refractivity contribution in [3.63, 3.8) is 0 Å². The Bertz CT molecular complexity index is 1680. The largest absolute Gasteiger partial charge is 0.497 e. The van der Waals surface area contributed by atoms with Crippen LogP contribution in [0.5, 0.6) is 11.5 Å². The minimum atomic E-state index is -4.08. The SMILES string of the molecule is COc1ccc2c(c1)N(CCCS(=O)(=O)O)/C(=C/C(C)=C\c1sc3ccc(OC)cc3[n+]1CCCS(=O)(=O)O)S2. The second kappa shape index (κ2) is 12.5. The Morgan fingerprint density at radius 2 is 1.62 bits per heavy atom. The Labute approximate surface area is 242 Å². The Morgan fingerprint density at radius 3 is 2.30 bits per heavy atom. The lowest BCUT2D eigenvalue weighted by Crippen LogP contribution is -2.36. The van der Waals surface area contributed by atoms with Gasteiger partial charge in [-0.2, -0.15) is 21.4 Å². The van der Waals surface area contributed by atoms with Gasteiger partial charge in [-0.05, 0) is 49.3 Å². The molecule has 0 atom stereocenters. The molecule has 14 heteroatoms. The Hall–Kier alpha value is -2.62. The molecule has 0 saturated heterocycles. The summed E-state index contributed by atoms with van der Waals surface area (Å²) < 4.78 is 77.5. The van der Waals surface area contributed by atoms with Gasteiger partial charge in [-0.3, -0.25) is 9.11 Å². The number of thioether (sulfide) groups is 1. The van der Waals surface area contributed by atoms with E-state index in [2.05, 4.69) is 0 Å². The van der Waals surface area contributed by atoms with Crippen molar-refractivity contribution in [1.82, 2.24) is 0 Å². The first-order valence-corrected chi connectivity index (χ1v) is 17.2. The summed E-state index contributed by atoms with van der Waals surface area (Å²) in [6.45, 7) is 2.72. The molecule has 2 aromatic carbocycles. The van der Waals surface area contributed by atoms with Crippen molar-refractivity contribution < 1.29 is 40.0 Å². The molecule has 3 aromatic rings. The molecule has 216 valence electrons. The molecule has 0 bridgehead atoms. The fourth-order valence-electron chi connectivity index (χ4n) is 4.33. The molecule has 4 rings (SSSR count). The van der Waals surface area contributed by atoms with Gasteiger partial charge in [0.15, 0.2) is 6.54 Å². The van der Waals surface area contributed by atoms with Crippen molar-refractivity contribution in [1.29, 1.82) is 0 Å². The molecule has 0 amide bonds. The zero-order valence-corrected chi connectivity index (χ0v) is 25.5. The van der Waals surface area contributed by atoms with Gasteiger partial charge in [0.2, 0.25) is 5.52 Å². The van der Waals surface area contributed by atoms with Gasteiger partial charge in [-0.1, -0.05) is 23.1 Å². The summed E-state index contributed by atoms with van der Waals surface area (Å²) in [5.41, 5.74) is 2.71. The number of hydrogen-bond acceptors (Lipinski definition) is 9. The van der Waals surface area contributed by atoms with Crippen LogP contribution in [-0.4, -0.2) is 58.2 Å². The quantitative estimate of drug-likeness (QED) is 0.216. The highest BCUT2D eigenvalue weighted by molar-refractivity contribution is 8.03. The second-order valence-corrected chi connectivity index (χ2v) is 14.4. The number of benzene rings is 2. The molecule has 0 unspecified atom stereocenters. The molecule has 0 saturated carbocycles. The minimum absolute atomic E-state index is 0.238. The van der Waals surface area contributed by atoms with Crippen LogP contribution in [0, 0.1) is 0 Å². The number of aromatic nitrogens is 1. The van der Waals surface area contributed by atoms with Crippen LogP contribution in [-0.2, 0) is 26.8 Å². The number of rotatable bonds is 12. The number of ether oxygens (including phenoxy) is 2. The van der Waals surface area contributed by atoms with Crippen molar-refractivity contribution in [2.24, 2.45) is 0 Å². The molecule has 0 aliphatic carbocycles. The van der Waals surface area contributed by atoms with Gasteiger partial charge >= 0.3 is 0 Å². The third kappa shape index (κ3) is 7.77. The number of anilines is 1. The number of nitrogens with zero attached hydrogens (tertiary/aromatic N) is 2. The van der Waals surface area contributed by atoms with Crippen LogP contribution in [0.25, 0.3) is 16.3 Å². The molecule has 1 aromatic heterocycles. The lowest BCUT2D eigenvalue weighted by Gasteiger charge is -2.20. The Morgan fingerprint density at radius 1 is 0.975 bits per heavy atom. The minimum Gasteiger partial charge on any atom is -0.497 e. The van der Waals surface area contributed by atoms with Crippen molar-refractivity contribution in [3.05, 3.63) is 58.1 Å². The predicted octanol–water partition coefficient (Wildman–Crippen LogP) is 4.62. The third-order valence-electron chi connectivity index (χ3n) is 6.15. The smallest absolute Gasteiger partial charge is 0.265 e. The lowest BCUT2D eigenvalue weighted by molar-refractivity contribution is -0.668. The molecule has 2 heterocycles. The highest BCUT2D eigenvalue weighted by atomic mass is 32.2. The van der Waals surface area contributed by atoms with Gasteiger partial charge in [0.1, 0.15) is 16.2 Å². The van der Waals surface area contributed by atoms with Crippen LogP contribution in [0.2, 0.25) is 0 Å². The van der Waals surface area contributed by atoms with E-state index in [9.17, 15) is 25.9 Å². The highest BCUT2D eigenvalue weighted by Crippen LogP contribution is 2.47. The summed E-state index contributed by atoms with van der Waals surface area (Å²) in [6, 6.07) is 11.5.